The van der Waals surface area contributed by atoms with Crippen molar-refractivity contribution in [2.75, 3.05) is 19.6 Å². The molecule has 5 nitrogen and oxygen atoms in total. The molecule has 0 aromatic carbocycles. The van der Waals surface area contributed by atoms with Crippen LogP contribution in [-0.4, -0.2) is 48.6 Å². The first-order valence-electron chi connectivity index (χ1n) is 5.95. The lowest BCUT2D eigenvalue weighted by atomic mass is 10.2. The van der Waals surface area contributed by atoms with E-state index in [4.69, 9.17) is 4.74 Å². The minimum atomic E-state index is -0.367. The maximum Gasteiger partial charge on any atom is 0.258 e. The lowest BCUT2D eigenvalue weighted by Gasteiger charge is -2.29. The van der Waals surface area contributed by atoms with Gasteiger partial charge in [0.2, 0.25) is 0 Å². The molecule has 2 unspecified atom stereocenters. The summed E-state index contributed by atoms with van der Waals surface area (Å²) in [5, 5.41) is 3.19. The summed E-state index contributed by atoms with van der Waals surface area (Å²) in [6.07, 6.45) is 1.70. The Bertz CT molecular complexity index is 271. The number of likely N-dealkylation sites (tertiary alicyclic amines) is 1. The molecule has 2 atom stereocenters. The van der Waals surface area contributed by atoms with Crippen molar-refractivity contribution < 1.29 is 14.3 Å². The zero-order valence-electron chi connectivity index (χ0n) is 9.57. The van der Waals surface area contributed by atoms with E-state index in [9.17, 15) is 9.59 Å². The third kappa shape index (κ3) is 2.10. The maximum atomic E-state index is 11.8. The van der Waals surface area contributed by atoms with Crippen molar-refractivity contribution in [2.24, 2.45) is 0 Å². The monoisotopic (exact) mass is 226 g/mol. The number of amides is 2. The highest BCUT2D eigenvalue weighted by molar-refractivity contribution is 6.02. The van der Waals surface area contributed by atoms with Gasteiger partial charge in [-0.3, -0.25) is 14.5 Å². The molecule has 2 rings (SSSR count). The number of carbonyl (C=O) groups excluding carboxylic acids is 2. The van der Waals surface area contributed by atoms with Crippen LogP contribution in [0.5, 0.6) is 0 Å². The molecular weight excluding hydrogens is 208 g/mol. The standard InChI is InChI=1S/C11H18N2O3/c1-2-5-12-6-7-13-10(14)8-3-4-9(16-8)11(13)15/h8-9,12H,2-7H2,1H3. The number of hydrogen-bond donors (Lipinski definition) is 1. The Labute approximate surface area is 95.1 Å². The first kappa shape index (κ1) is 11.5. The number of fused-ring (bicyclic) bond motifs is 2. The van der Waals surface area contributed by atoms with Crippen LogP contribution in [0.1, 0.15) is 26.2 Å². The van der Waals surface area contributed by atoms with E-state index in [1.807, 2.05) is 0 Å². The molecule has 0 radical (unpaired) electrons. The number of rotatable bonds is 5. The van der Waals surface area contributed by atoms with Gasteiger partial charge in [0, 0.05) is 13.1 Å². The molecule has 0 spiro atoms. The van der Waals surface area contributed by atoms with Crippen LogP contribution in [0, 0.1) is 0 Å². The highest BCUT2D eigenvalue weighted by Crippen LogP contribution is 2.27. The SMILES string of the molecule is CCCNCCN1C(=O)C2CCC(O2)C1=O. The van der Waals surface area contributed by atoms with E-state index < -0.39 is 0 Å². The van der Waals surface area contributed by atoms with Crippen LogP contribution in [0.15, 0.2) is 0 Å². The smallest absolute Gasteiger partial charge is 0.258 e. The van der Waals surface area contributed by atoms with E-state index in [1.165, 1.54) is 4.90 Å². The normalized spacial score (nSPS) is 28.9. The van der Waals surface area contributed by atoms with E-state index in [-0.39, 0.29) is 24.0 Å². The Morgan fingerprint density at radius 3 is 2.44 bits per heavy atom. The second kappa shape index (κ2) is 4.93. The second-order valence-corrected chi connectivity index (χ2v) is 4.27. The van der Waals surface area contributed by atoms with E-state index in [2.05, 4.69) is 12.2 Å². The number of imide groups is 1. The molecule has 0 aromatic heterocycles. The fraction of sp³-hybridized carbons (Fsp3) is 0.818. The van der Waals surface area contributed by atoms with Crippen molar-refractivity contribution in [1.29, 1.82) is 0 Å². The topological polar surface area (TPSA) is 58.6 Å². The number of ether oxygens (including phenoxy) is 1. The van der Waals surface area contributed by atoms with Crippen molar-refractivity contribution in [3.05, 3.63) is 0 Å². The lowest BCUT2D eigenvalue weighted by Crippen LogP contribution is -2.53. The zero-order chi connectivity index (χ0) is 11.5. The highest BCUT2D eigenvalue weighted by Gasteiger charge is 2.45. The molecule has 2 aliphatic heterocycles. The molecule has 2 aliphatic rings. The average Bonchev–Trinajstić information content (AvgIpc) is 2.72. The number of hydrogen-bond acceptors (Lipinski definition) is 4. The fourth-order valence-corrected chi connectivity index (χ4v) is 2.17. The van der Waals surface area contributed by atoms with Crippen molar-refractivity contribution in [2.45, 2.75) is 38.4 Å². The first-order valence-corrected chi connectivity index (χ1v) is 5.95. The number of carbonyl (C=O) groups is 2. The van der Waals surface area contributed by atoms with E-state index in [0.717, 1.165) is 13.0 Å². The van der Waals surface area contributed by atoms with E-state index >= 15 is 0 Å². The quantitative estimate of drug-likeness (QED) is 0.525. The van der Waals surface area contributed by atoms with Gasteiger partial charge in [0.25, 0.3) is 11.8 Å². The van der Waals surface area contributed by atoms with Gasteiger partial charge in [-0.05, 0) is 25.8 Å². The molecule has 5 heteroatoms. The molecule has 2 heterocycles. The molecule has 2 bridgehead atoms. The van der Waals surface area contributed by atoms with Crippen LogP contribution in [0.4, 0.5) is 0 Å². The second-order valence-electron chi connectivity index (χ2n) is 4.27. The Hall–Kier alpha value is -0.940. The number of nitrogens with zero attached hydrogens (tertiary/aromatic N) is 1. The van der Waals surface area contributed by atoms with Crippen LogP contribution in [0.3, 0.4) is 0 Å². The summed E-state index contributed by atoms with van der Waals surface area (Å²) >= 11 is 0. The summed E-state index contributed by atoms with van der Waals surface area (Å²) in [6, 6.07) is 0. The molecular formula is C11H18N2O3. The largest absolute Gasteiger partial charge is 0.355 e. The van der Waals surface area contributed by atoms with E-state index in [1.54, 1.807) is 0 Å². The third-order valence-electron chi connectivity index (χ3n) is 3.04. The Balaban J connectivity index is 1.88. The summed E-state index contributed by atoms with van der Waals surface area (Å²) in [4.78, 5) is 25.0. The number of nitrogens with one attached hydrogen (secondary N) is 1. The van der Waals surface area contributed by atoms with Gasteiger partial charge < -0.3 is 10.1 Å². The third-order valence-corrected chi connectivity index (χ3v) is 3.04. The Kier molecular flexibility index (Phi) is 3.56. The molecule has 2 fully saturated rings. The van der Waals surface area contributed by atoms with Crippen molar-refractivity contribution in [1.82, 2.24) is 10.2 Å². The summed E-state index contributed by atoms with van der Waals surface area (Å²) in [7, 11) is 0. The first-order chi connectivity index (χ1) is 7.74. The molecule has 0 aromatic rings. The minimum Gasteiger partial charge on any atom is -0.355 e. The van der Waals surface area contributed by atoms with Crippen LogP contribution >= 0.6 is 0 Å². The summed E-state index contributed by atoms with van der Waals surface area (Å²) < 4.78 is 5.32. The molecule has 1 N–H and O–H groups in total. The highest BCUT2D eigenvalue weighted by atomic mass is 16.5. The Morgan fingerprint density at radius 1 is 1.25 bits per heavy atom. The number of morpholine rings is 1. The van der Waals surface area contributed by atoms with Gasteiger partial charge in [0.15, 0.2) is 0 Å². The average molecular weight is 226 g/mol. The van der Waals surface area contributed by atoms with Crippen molar-refractivity contribution in [3.63, 3.8) is 0 Å². The summed E-state index contributed by atoms with van der Waals surface area (Å²) in [6.45, 7) is 4.14. The van der Waals surface area contributed by atoms with E-state index in [0.29, 0.717) is 25.9 Å². The van der Waals surface area contributed by atoms with Crippen molar-refractivity contribution >= 4 is 11.8 Å². The zero-order valence-corrected chi connectivity index (χ0v) is 9.57. The molecule has 0 saturated carbocycles. The van der Waals surface area contributed by atoms with Gasteiger partial charge in [-0.15, -0.1) is 0 Å². The molecule has 2 saturated heterocycles. The molecule has 90 valence electrons. The maximum absolute atomic E-state index is 11.8. The molecule has 16 heavy (non-hydrogen) atoms. The molecule has 0 aliphatic carbocycles. The van der Waals surface area contributed by atoms with Gasteiger partial charge in [-0.2, -0.15) is 0 Å². The van der Waals surface area contributed by atoms with Crippen LogP contribution in [-0.2, 0) is 14.3 Å². The van der Waals surface area contributed by atoms with Gasteiger partial charge in [0.1, 0.15) is 12.2 Å². The van der Waals surface area contributed by atoms with Gasteiger partial charge in [-0.25, -0.2) is 0 Å². The summed E-state index contributed by atoms with van der Waals surface area (Å²) in [5.74, 6) is -0.311. The minimum absolute atomic E-state index is 0.156. The van der Waals surface area contributed by atoms with Crippen LogP contribution in [0.2, 0.25) is 0 Å². The fourth-order valence-electron chi connectivity index (χ4n) is 2.17. The van der Waals surface area contributed by atoms with Crippen LogP contribution in [0.25, 0.3) is 0 Å². The Morgan fingerprint density at radius 2 is 1.88 bits per heavy atom. The van der Waals surface area contributed by atoms with Gasteiger partial charge in [-0.1, -0.05) is 6.92 Å². The van der Waals surface area contributed by atoms with Crippen molar-refractivity contribution in [3.8, 4) is 0 Å². The van der Waals surface area contributed by atoms with Gasteiger partial charge >= 0.3 is 0 Å². The molecule has 2 amide bonds. The predicted octanol–water partition coefficient (Wildman–Crippen LogP) is -0.0976. The predicted molar refractivity (Wildman–Crippen MR) is 57.8 cm³/mol. The summed E-state index contributed by atoms with van der Waals surface area (Å²) in [5.41, 5.74) is 0. The van der Waals surface area contributed by atoms with Crippen LogP contribution < -0.4 is 5.32 Å². The van der Waals surface area contributed by atoms with Gasteiger partial charge in [0.05, 0.1) is 0 Å². The lowest BCUT2D eigenvalue weighted by molar-refractivity contribution is -0.168.